The number of hydrogen-bond donors (Lipinski definition) is 1. The van der Waals surface area contributed by atoms with Crippen molar-refractivity contribution in [1.29, 1.82) is 0 Å². The summed E-state index contributed by atoms with van der Waals surface area (Å²) >= 11 is 0. The molecule has 2 aliphatic heterocycles. The molecule has 1 aromatic heterocycles. The van der Waals surface area contributed by atoms with Gasteiger partial charge < -0.3 is 10.2 Å². The Morgan fingerprint density at radius 3 is 2.78 bits per heavy atom. The van der Waals surface area contributed by atoms with E-state index < -0.39 is 15.1 Å². The maximum Gasteiger partial charge on any atom is 0.223 e. The van der Waals surface area contributed by atoms with Crippen LogP contribution in [0.5, 0.6) is 0 Å². The van der Waals surface area contributed by atoms with Crippen molar-refractivity contribution in [3.63, 3.8) is 0 Å². The molecular formula is C19H22N4O3S. The zero-order valence-corrected chi connectivity index (χ0v) is 15.9. The molecule has 2 atom stereocenters. The summed E-state index contributed by atoms with van der Waals surface area (Å²) in [7, 11) is -3.31. The van der Waals surface area contributed by atoms with Gasteiger partial charge in [0.05, 0.1) is 16.7 Å². The van der Waals surface area contributed by atoms with Crippen molar-refractivity contribution in [3.05, 3.63) is 53.3 Å². The minimum Gasteiger partial charge on any atom is -0.350 e. The number of rotatable bonds is 4. The van der Waals surface area contributed by atoms with Gasteiger partial charge in [-0.3, -0.25) is 4.79 Å². The van der Waals surface area contributed by atoms with E-state index in [4.69, 9.17) is 0 Å². The molecule has 1 N–H and O–H groups in total. The lowest BCUT2D eigenvalue weighted by molar-refractivity contribution is -0.129. The van der Waals surface area contributed by atoms with Gasteiger partial charge in [0.2, 0.25) is 11.9 Å². The first kappa shape index (κ1) is 17.9. The third kappa shape index (κ3) is 3.41. The van der Waals surface area contributed by atoms with Gasteiger partial charge in [0.15, 0.2) is 9.84 Å². The van der Waals surface area contributed by atoms with Crippen molar-refractivity contribution in [1.82, 2.24) is 14.9 Å². The van der Waals surface area contributed by atoms with Crippen molar-refractivity contribution in [2.75, 3.05) is 18.4 Å². The fraction of sp³-hybridized carbons (Fsp3) is 0.421. The standard InChI is InChI=1S/C19H22N4O3S/c1-2-17(24)23-10-15-16(11-23)27(25,26)12-14-9-21-19(22-18(14)15)20-8-13-6-4-3-5-7-13/h3-7,9,15-16H,2,8,10-12H2,1H3,(H,20,21,22)/t15-,16+/m0/s1. The SMILES string of the molecule is CCC(=O)N1C[C@@H]2c3nc(NCc4ccccc4)ncc3CS(=O)(=O)[C@@H]2C1. The molecule has 0 radical (unpaired) electrons. The summed E-state index contributed by atoms with van der Waals surface area (Å²) < 4.78 is 25.3. The van der Waals surface area contributed by atoms with Crippen molar-refractivity contribution < 1.29 is 13.2 Å². The molecule has 2 aliphatic rings. The number of sulfone groups is 1. The first-order valence-electron chi connectivity index (χ1n) is 9.11. The number of amides is 1. The highest BCUT2D eigenvalue weighted by atomic mass is 32.2. The molecule has 0 bridgehead atoms. The smallest absolute Gasteiger partial charge is 0.223 e. The van der Waals surface area contributed by atoms with E-state index >= 15 is 0 Å². The lowest BCUT2D eigenvalue weighted by Gasteiger charge is -2.26. The number of fused-ring (bicyclic) bond motifs is 3. The molecule has 0 spiro atoms. The van der Waals surface area contributed by atoms with Crippen LogP contribution in [0.25, 0.3) is 0 Å². The number of carbonyl (C=O) groups is 1. The second-order valence-electron chi connectivity index (χ2n) is 7.05. The summed E-state index contributed by atoms with van der Waals surface area (Å²) in [6.45, 7) is 3.04. The normalized spacial score (nSPS) is 22.8. The Balaban J connectivity index is 1.60. The highest BCUT2D eigenvalue weighted by molar-refractivity contribution is 7.91. The molecule has 2 aromatic rings. The Labute approximate surface area is 158 Å². The van der Waals surface area contributed by atoms with Gasteiger partial charge in [0.1, 0.15) is 0 Å². The highest BCUT2D eigenvalue weighted by Gasteiger charge is 2.48. The van der Waals surface area contributed by atoms with Crippen LogP contribution in [0, 0.1) is 0 Å². The summed E-state index contributed by atoms with van der Waals surface area (Å²) in [5, 5.41) is 2.63. The first-order valence-corrected chi connectivity index (χ1v) is 10.8. The number of hydrogen-bond acceptors (Lipinski definition) is 6. The van der Waals surface area contributed by atoms with Gasteiger partial charge in [-0.2, -0.15) is 0 Å². The van der Waals surface area contributed by atoms with Gasteiger partial charge in [-0.25, -0.2) is 18.4 Å². The number of nitrogens with one attached hydrogen (secondary N) is 1. The summed E-state index contributed by atoms with van der Waals surface area (Å²) in [6, 6.07) is 9.93. The maximum atomic E-state index is 12.7. The molecule has 142 valence electrons. The van der Waals surface area contributed by atoms with E-state index in [9.17, 15) is 13.2 Å². The molecular weight excluding hydrogens is 364 g/mol. The van der Waals surface area contributed by atoms with Crippen LogP contribution >= 0.6 is 0 Å². The van der Waals surface area contributed by atoms with Crippen LogP contribution in [0.1, 0.15) is 36.1 Å². The highest BCUT2D eigenvalue weighted by Crippen LogP contribution is 2.39. The molecule has 1 fully saturated rings. The van der Waals surface area contributed by atoms with Crippen LogP contribution < -0.4 is 5.32 Å². The minimum atomic E-state index is -3.31. The van der Waals surface area contributed by atoms with E-state index in [2.05, 4.69) is 15.3 Å². The molecule has 0 aliphatic carbocycles. The van der Waals surface area contributed by atoms with Crippen LogP contribution in [-0.2, 0) is 26.9 Å². The van der Waals surface area contributed by atoms with E-state index in [1.165, 1.54) is 0 Å². The summed E-state index contributed by atoms with van der Waals surface area (Å²) in [5.74, 6) is 0.124. The average molecular weight is 386 g/mol. The summed E-state index contributed by atoms with van der Waals surface area (Å²) in [6.07, 6.45) is 1.98. The van der Waals surface area contributed by atoms with E-state index in [1.54, 1.807) is 18.0 Å². The monoisotopic (exact) mass is 386 g/mol. The number of carbonyl (C=O) groups excluding carboxylic acids is 1. The maximum absolute atomic E-state index is 12.7. The van der Waals surface area contributed by atoms with E-state index in [1.807, 2.05) is 30.3 Å². The second-order valence-corrected chi connectivity index (χ2v) is 9.27. The number of likely N-dealkylation sites (tertiary alicyclic amines) is 1. The van der Waals surface area contributed by atoms with E-state index in [-0.39, 0.29) is 24.1 Å². The number of nitrogens with zero attached hydrogens (tertiary/aromatic N) is 3. The number of aromatic nitrogens is 2. The Hall–Kier alpha value is -2.48. The van der Waals surface area contributed by atoms with Gasteiger partial charge >= 0.3 is 0 Å². The molecule has 4 rings (SSSR count). The molecule has 1 saturated heterocycles. The summed E-state index contributed by atoms with van der Waals surface area (Å²) in [4.78, 5) is 22.7. The topological polar surface area (TPSA) is 92.3 Å². The van der Waals surface area contributed by atoms with Crippen LogP contribution in [-0.4, -0.2) is 47.5 Å². The van der Waals surface area contributed by atoms with E-state index in [0.717, 1.165) is 11.3 Å². The van der Waals surface area contributed by atoms with Gasteiger partial charge in [-0.05, 0) is 5.56 Å². The first-order chi connectivity index (χ1) is 13.0. The van der Waals surface area contributed by atoms with Gasteiger partial charge in [0.25, 0.3) is 0 Å². The largest absolute Gasteiger partial charge is 0.350 e. The number of anilines is 1. The van der Waals surface area contributed by atoms with Crippen molar-refractivity contribution >= 4 is 21.7 Å². The fourth-order valence-corrected chi connectivity index (χ4v) is 5.86. The third-order valence-electron chi connectivity index (χ3n) is 5.28. The Bertz CT molecular complexity index is 962. The van der Waals surface area contributed by atoms with Crippen molar-refractivity contribution in [3.8, 4) is 0 Å². The zero-order chi connectivity index (χ0) is 19.0. The molecule has 8 heteroatoms. The minimum absolute atomic E-state index is 0.0161. The van der Waals surface area contributed by atoms with Crippen LogP contribution in [0.3, 0.4) is 0 Å². The van der Waals surface area contributed by atoms with Gasteiger partial charge in [-0.1, -0.05) is 37.3 Å². The molecule has 7 nitrogen and oxygen atoms in total. The zero-order valence-electron chi connectivity index (χ0n) is 15.1. The molecule has 3 heterocycles. The molecule has 0 unspecified atom stereocenters. The Morgan fingerprint density at radius 2 is 2.04 bits per heavy atom. The van der Waals surface area contributed by atoms with Crippen LogP contribution in [0.2, 0.25) is 0 Å². The van der Waals surface area contributed by atoms with Gasteiger partial charge in [0, 0.05) is 43.7 Å². The predicted molar refractivity (Wildman–Crippen MR) is 102 cm³/mol. The average Bonchev–Trinajstić information content (AvgIpc) is 3.14. The Morgan fingerprint density at radius 1 is 1.26 bits per heavy atom. The van der Waals surface area contributed by atoms with Gasteiger partial charge in [-0.15, -0.1) is 0 Å². The quantitative estimate of drug-likeness (QED) is 0.860. The van der Waals surface area contributed by atoms with Crippen molar-refractivity contribution in [2.45, 2.75) is 36.8 Å². The van der Waals surface area contributed by atoms with Crippen LogP contribution in [0.15, 0.2) is 36.5 Å². The lowest BCUT2D eigenvalue weighted by Crippen LogP contribution is -2.35. The fourth-order valence-electron chi connectivity index (χ4n) is 3.87. The molecule has 27 heavy (non-hydrogen) atoms. The predicted octanol–water partition coefficient (Wildman–Crippen LogP) is 1.72. The molecule has 0 saturated carbocycles. The lowest BCUT2D eigenvalue weighted by atomic mass is 10.00. The molecule has 1 aromatic carbocycles. The third-order valence-corrected chi connectivity index (χ3v) is 7.40. The second kappa shape index (κ2) is 6.92. The number of benzene rings is 1. The van der Waals surface area contributed by atoms with Crippen molar-refractivity contribution in [2.24, 2.45) is 0 Å². The van der Waals surface area contributed by atoms with Crippen LogP contribution in [0.4, 0.5) is 5.95 Å². The Kier molecular flexibility index (Phi) is 4.59. The summed E-state index contributed by atoms with van der Waals surface area (Å²) in [5.41, 5.74) is 2.51. The van der Waals surface area contributed by atoms with E-state index in [0.29, 0.717) is 31.0 Å². The molecule has 1 amide bonds.